The molecule has 78 valence electrons. The lowest BCUT2D eigenvalue weighted by Crippen LogP contribution is -2.11. The Kier molecular flexibility index (Phi) is 2.46. The molecule has 15 heavy (non-hydrogen) atoms. The van der Waals surface area contributed by atoms with Crippen molar-refractivity contribution in [2.45, 2.75) is 13.5 Å². The first-order chi connectivity index (χ1) is 7.16. The van der Waals surface area contributed by atoms with Gasteiger partial charge in [-0.15, -0.1) is 16.4 Å². The minimum atomic E-state index is -0.962. The fourth-order valence-electron chi connectivity index (χ4n) is 1.21. The van der Waals surface area contributed by atoms with Crippen LogP contribution in [0.1, 0.15) is 4.88 Å². The van der Waals surface area contributed by atoms with Gasteiger partial charge in [-0.25, -0.2) is 4.68 Å². The lowest BCUT2D eigenvalue weighted by molar-refractivity contribution is -0.137. The fraction of sp³-hybridized carbons (Fsp3) is 0.250. The topological polar surface area (TPSA) is 80.9 Å². The number of aliphatic carboxylic acids is 1. The van der Waals surface area contributed by atoms with Gasteiger partial charge in [0.25, 0.3) is 0 Å². The molecule has 0 atom stereocenters. The van der Waals surface area contributed by atoms with Crippen LogP contribution in [0.5, 0.6) is 0 Å². The van der Waals surface area contributed by atoms with Gasteiger partial charge in [-0.3, -0.25) is 4.79 Å². The Morgan fingerprint density at radius 1 is 1.67 bits per heavy atom. The zero-order valence-electron chi connectivity index (χ0n) is 7.91. The molecule has 0 aromatic carbocycles. The van der Waals surface area contributed by atoms with Gasteiger partial charge in [0.05, 0.1) is 0 Å². The van der Waals surface area contributed by atoms with Crippen molar-refractivity contribution in [2.24, 2.45) is 0 Å². The van der Waals surface area contributed by atoms with Gasteiger partial charge in [-0.05, 0) is 23.4 Å². The van der Waals surface area contributed by atoms with Crippen LogP contribution in [-0.2, 0) is 11.3 Å². The molecule has 0 fully saturated rings. The van der Waals surface area contributed by atoms with Gasteiger partial charge < -0.3 is 5.11 Å². The molecule has 2 heterocycles. The smallest absolute Gasteiger partial charge is 0.325 e. The first kappa shape index (κ1) is 9.78. The van der Waals surface area contributed by atoms with Gasteiger partial charge in [0.2, 0.25) is 0 Å². The predicted octanol–water partition coefficient (Wildman–Crippen LogP) is 0.795. The van der Waals surface area contributed by atoms with Gasteiger partial charge in [0, 0.05) is 15.8 Å². The Bertz CT molecular complexity index is 490. The molecular weight excluding hydrogens is 216 g/mol. The van der Waals surface area contributed by atoms with E-state index in [2.05, 4.69) is 15.5 Å². The molecule has 2 aromatic heterocycles. The highest BCUT2D eigenvalue weighted by Crippen LogP contribution is 2.22. The third-order valence-electron chi connectivity index (χ3n) is 1.81. The van der Waals surface area contributed by atoms with Crippen LogP contribution in [0.15, 0.2) is 11.4 Å². The Hall–Kier alpha value is -1.76. The summed E-state index contributed by atoms with van der Waals surface area (Å²) in [6.07, 6.45) is 0. The van der Waals surface area contributed by atoms with Crippen LogP contribution in [0.25, 0.3) is 11.4 Å². The van der Waals surface area contributed by atoms with Crippen molar-refractivity contribution in [3.63, 3.8) is 0 Å². The van der Waals surface area contributed by atoms with Gasteiger partial charge in [-0.2, -0.15) is 0 Å². The second kappa shape index (κ2) is 3.77. The number of carbonyl (C=O) groups is 1. The van der Waals surface area contributed by atoms with E-state index in [1.54, 1.807) is 11.3 Å². The molecule has 1 N–H and O–H groups in total. The zero-order valence-corrected chi connectivity index (χ0v) is 8.73. The number of carboxylic acid groups (broad SMARTS) is 1. The largest absolute Gasteiger partial charge is 0.480 e. The quantitative estimate of drug-likeness (QED) is 0.833. The van der Waals surface area contributed by atoms with Crippen LogP contribution >= 0.6 is 11.3 Å². The van der Waals surface area contributed by atoms with Crippen molar-refractivity contribution in [3.8, 4) is 11.4 Å². The lowest BCUT2D eigenvalue weighted by atomic mass is 10.3. The molecule has 2 rings (SSSR count). The molecule has 0 spiro atoms. The van der Waals surface area contributed by atoms with E-state index in [1.165, 1.54) is 4.68 Å². The van der Waals surface area contributed by atoms with E-state index >= 15 is 0 Å². The van der Waals surface area contributed by atoms with Gasteiger partial charge >= 0.3 is 5.97 Å². The highest BCUT2D eigenvalue weighted by atomic mass is 32.1. The van der Waals surface area contributed by atoms with E-state index in [-0.39, 0.29) is 6.54 Å². The lowest BCUT2D eigenvalue weighted by Gasteiger charge is -1.97. The minimum absolute atomic E-state index is 0.225. The molecule has 2 aromatic rings. The predicted molar refractivity (Wildman–Crippen MR) is 53.5 cm³/mol. The fourth-order valence-corrected chi connectivity index (χ4v) is 1.89. The summed E-state index contributed by atoms with van der Waals surface area (Å²) in [5.41, 5.74) is 0.851. The number of nitrogens with zero attached hydrogens (tertiary/aromatic N) is 4. The summed E-state index contributed by atoms with van der Waals surface area (Å²) < 4.78 is 1.27. The molecule has 0 saturated carbocycles. The summed E-state index contributed by atoms with van der Waals surface area (Å²) in [4.78, 5) is 11.7. The first-order valence-corrected chi connectivity index (χ1v) is 5.08. The standard InChI is InChI=1S/C8H8N4O2S/c1-5-2-6(4-15-5)8-9-10-11-12(8)3-7(13)14/h2,4H,3H2,1H3,(H,13,14). The Morgan fingerprint density at radius 2 is 2.47 bits per heavy atom. The SMILES string of the molecule is Cc1cc(-c2nnnn2CC(=O)O)cs1. The molecule has 0 amide bonds. The van der Waals surface area contributed by atoms with Crippen molar-refractivity contribution in [1.29, 1.82) is 0 Å². The number of tetrazole rings is 1. The Morgan fingerprint density at radius 3 is 3.07 bits per heavy atom. The third-order valence-corrected chi connectivity index (χ3v) is 2.67. The first-order valence-electron chi connectivity index (χ1n) is 4.20. The van der Waals surface area contributed by atoms with Crippen LogP contribution in [-0.4, -0.2) is 31.3 Å². The van der Waals surface area contributed by atoms with E-state index < -0.39 is 5.97 Å². The number of hydrogen-bond acceptors (Lipinski definition) is 5. The molecule has 0 aliphatic carbocycles. The van der Waals surface area contributed by atoms with E-state index in [0.717, 1.165) is 10.4 Å². The van der Waals surface area contributed by atoms with Crippen molar-refractivity contribution in [3.05, 3.63) is 16.3 Å². The monoisotopic (exact) mass is 224 g/mol. The number of rotatable bonds is 3. The van der Waals surface area contributed by atoms with Crippen molar-refractivity contribution >= 4 is 17.3 Å². The van der Waals surface area contributed by atoms with E-state index in [1.807, 2.05) is 18.4 Å². The second-order valence-corrected chi connectivity index (χ2v) is 4.12. The summed E-state index contributed by atoms with van der Waals surface area (Å²) in [6.45, 7) is 1.75. The molecule has 0 saturated heterocycles. The summed E-state index contributed by atoms with van der Waals surface area (Å²) in [7, 11) is 0. The number of aryl methyl sites for hydroxylation is 1. The number of aromatic nitrogens is 4. The summed E-state index contributed by atoms with van der Waals surface area (Å²) in [6, 6.07) is 1.93. The zero-order chi connectivity index (χ0) is 10.8. The van der Waals surface area contributed by atoms with Crippen LogP contribution in [0.2, 0.25) is 0 Å². The number of carboxylic acids is 1. The normalized spacial score (nSPS) is 10.5. The molecule has 6 nitrogen and oxygen atoms in total. The minimum Gasteiger partial charge on any atom is -0.480 e. The van der Waals surface area contributed by atoms with Gasteiger partial charge in [0.15, 0.2) is 5.82 Å². The van der Waals surface area contributed by atoms with E-state index in [4.69, 9.17) is 5.11 Å². The third kappa shape index (κ3) is 2.01. The number of thiophene rings is 1. The molecule has 0 radical (unpaired) electrons. The van der Waals surface area contributed by atoms with E-state index in [9.17, 15) is 4.79 Å². The highest BCUT2D eigenvalue weighted by Gasteiger charge is 2.12. The maximum atomic E-state index is 10.5. The summed E-state index contributed by atoms with van der Waals surface area (Å²) in [5.74, 6) is -0.475. The van der Waals surface area contributed by atoms with Crippen molar-refractivity contribution in [2.75, 3.05) is 0 Å². The van der Waals surface area contributed by atoms with Crippen LogP contribution in [0.4, 0.5) is 0 Å². The average Bonchev–Trinajstić information content (AvgIpc) is 2.72. The highest BCUT2D eigenvalue weighted by molar-refractivity contribution is 7.10. The second-order valence-electron chi connectivity index (χ2n) is 3.00. The van der Waals surface area contributed by atoms with Crippen molar-refractivity contribution in [1.82, 2.24) is 20.2 Å². The van der Waals surface area contributed by atoms with Crippen LogP contribution in [0, 0.1) is 6.92 Å². The maximum absolute atomic E-state index is 10.5. The Labute approximate surface area is 89.2 Å². The summed E-state index contributed by atoms with van der Waals surface area (Å²) in [5, 5.41) is 21.4. The average molecular weight is 224 g/mol. The molecule has 0 bridgehead atoms. The Balaban J connectivity index is 2.36. The molecular formula is C8H8N4O2S. The van der Waals surface area contributed by atoms with Crippen LogP contribution < -0.4 is 0 Å². The maximum Gasteiger partial charge on any atom is 0.325 e. The molecule has 7 heteroatoms. The van der Waals surface area contributed by atoms with E-state index in [0.29, 0.717) is 5.82 Å². The molecule has 0 aliphatic heterocycles. The van der Waals surface area contributed by atoms with Gasteiger partial charge in [-0.1, -0.05) is 0 Å². The molecule has 0 aliphatic rings. The summed E-state index contributed by atoms with van der Waals surface area (Å²) >= 11 is 1.57. The molecule has 0 unspecified atom stereocenters. The van der Waals surface area contributed by atoms with Gasteiger partial charge in [0.1, 0.15) is 6.54 Å². The van der Waals surface area contributed by atoms with Crippen molar-refractivity contribution < 1.29 is 9.90 Å². The van der Waals surface area contributed by atoms with Crippen LogP contribution in [0.3, 0.4) is 0 Å². The number of hydrogen-bond donors (Lipinski definition) is 1.